The number of thioether (sulfide) groups is 1. The molecule has 0 aromatic carbocycles. The normalized spacial score (nSPS) is 14.2. The van der Waals surface area contributed by atoms with Crippen molar-refractivity contribution < 1.29 is 9.53 Å². The zero-order chi connectivity index (χ0) is 12.4. The summed E-state index contributed by atoms with van der Waals surface area (Å²) in [7, 11) is 1.43. The van der Waals surface area contributed by atoms with Crippen LogP contribution in [0.25, 0.3) is 0 Å². The van der Waals surface area contributed by atoms with Crippen molar-refractivity contribution in [2.45, 2.75) is 26.3 Å². The molecule has 0 heterocycles. The highest BCUT2D eigenvalue weighted by Gasteiger charge is 2.15. The Kier molecular flexibility index (Phi) is 9.43. The zero-order valence-electron chi connectivity index (χ0n) is 10.5. The Morgan fingerprint density at radius 2 is 2.25 bits per heavy atom. The van der Waals surface area contributed by atoms with E-state index >= 15 is 0 Å². The third-order valence-electron chi connectivity index (χ3n) is 2.29. The maximum atomic E-state index is 11.2. The number of nitrogens with one attached hydrogen (secondary N) is 1. The zero-order valence-corrected chi connectivity index (χ0v) is 11.3. The lowest BCUT2D eigenvalue weighted by atomic mass is 10.0. The first kappa shape index (κ1) is 15.5. The molecule has 0 amide bonds. The van der Waals surface area contributed by atoms with Crippen LogP contribution in [0.1, 0.15) is 20.3 Å². The van der Waals surface area contributed by atoms with Crippen molar-refractivity contribution >= 4 is 17.7 Å². The van der Waals surface area contributed by atoms with Gasteiger partial charge < -0.3 is 10.1 Å². The highest BCUT2D eigenvalue weighted by atomic mass is 32.2. The second-order valence-electron chi connectivity index (χ2n) is 3.88. The molecule has 0 aliphatic rings. The van der Waals surface area contributed by atoms with Gasteiger partial charge in [0.15, 0.2) is 0 Å². The van der Waals surface area contributed by atoms with Gasteiger partial charge in [-0.2, -0.15) is 11.8 Å². The van der Waals surface area contributed by atoms with Crippen LogP contribution < -0.4 is 5.32 Å². The predicted octanol–water partition coefficient (Wildman–Crippen LogP) is 2.08. The third kappa shape index (κ3) is 7.77. The molecular weight excluding hydrogens is 222 g/mol. The first-order chi connectivity index (χ1) is 7.61. The van der Waals surface area contributed by atoms with Crippen LogP contribution in [0.3, 0.4) is 0 Å². The molecule has 0 fully saturated rings. The predicted molar refractivity (Wildman–Crippen MR) is 70.8 cm³/mol. The fraction of sp³-hybridized carbons (Fsp3) is 0.750. The van der Waals surface area contributed by atoms with Crippen molar-refractivity contribution in [1.82, 2.24) is 5.32 Å². The molecule has 16 heavy (non-hydrogen) atoms. The fourth-order valence-electron chi connectivity index (χ4n) is 1.46. The molecule has 3 nitrogen and oxygen atoms in total. The fourth-order valence-corrected chi connectivity index (χ4v) is 2.05. The van der Waals surface area contributed by atoms with E-state index in [0.717, 1.165) is 24.5 Å². The van der Waals surface area contributed by atoms with Crippen molar-refractivity contribution in [3.63, 3.8) is 0 Å². The van der Waals surface area contributed by atoms with Gasteiger partial charge >= 0.3 is 5.97 Å². The monoisotopic (exact) mass is 245 g/mol. The van der Waals surface area contributed by atoms with Crippen molar-refractivity contribution in [2.24, 2.45) is 5.92 Å². The summed E-state index contributed by atoms with van der Waals surface area (Å²) in [4.78, 5) is 11.2. The lowest BCUT2D eigenvalue weighted by Crippen LogP contribution is -2.31. The van der Waals surface area contributed by atoms with E-state index in [9.17, 15) is 4.79 Å². The van der Waals surface area contributed by atoms with Crippen molar-refractivity contribution in [1.29, 1.82) is 0 Å². The quantitative estimate of drug-likeness (QED) is 0.383. The average molecular weight is 245 g/mol. The van der Waals surface area contributed by atoms with Gasteiger partial charge in [0, 0.05) is 24.1 Å². The molecule has 0 aliphatic heterocycles. The first-order valence-electron chi connectivity index (χ1n) is 5.61. The van der Waals surface area contributed by atoms with Gasteiger partial charge in [0.25, 0.3) is 0 Å². The number of hydrogen-bond acceptors (Lipinski definition) is 4. The first-order valence-corrected chi connectivity index (χ1v) is 6.77. The Morgan fingerprint density at radius 1 is 1.56 bits per heavy atom. The SMILES string of the molecule is C=CCSCCNC(C)CC(C)C(=O)OC. The molecule has 0 saturated carbocycles. The van der Waals surface area contributed by atoms with Gasteiger partial charge in [0.2, 0.25) is 0 Å². The summed E-state index contributed by atoms with van der Waals surface area (Å²) in [5, 5.41) is 3.39. The van der Waals surface area contributed by atoms with Gasteiger partial charge in [-0.25, -0.2) is 0 Å². The number of ether oxygens (including phenoxy) is 1. The van der Waals surface area contributed by atoms with E-state index in [2.05, 4.69) is 23.6 Å². The molecule has 0 bridgehead atoms. The summed E-state index contributed by atoms with van der Waals surface area (Å²) in [5.41, 5.74) is 0. The van der Waals surface area contributed by atoms with E-state index in [1.807, 2.05) is 24.8 Å². The minimum Gasteiger partial charge on any atom is -0.469 e. The summed E-state index contributed by atoms with van der Waals surface area (Å²) >= 11 is 1.85. The molecule has 2 unspecified atom stereocenters. The summed E-state index contributed by atoms with van der Waals surface area (Å²) in [6.45, 7) is 8.63. The number of hydrogen-bond donors (Lipinski definition) is 1. The van der Waals surface area contributed by atoms with Crippen molar-refractivity contribution in [3.8, 4) is 0 Å². The number of esters is 1. The van der Waals surface area contributed by atoms with Crippen LogP contribution in [0.15, 0.2) is 12.7 Å². The summed E-state index contributed by atoms with van der Waals surface area (Å²) in [6, 6.07) is 0.346. The summed E-state index contributed by atoms with van der Waals surface area (Å²) < 4.78 is 4.69. The number of carbonyl (C=O) groups is 1. The molecule has 4 heteroatoms. The summed E-state index contributed by atoms with van der Waals surface area (Å²) in [6.07, 6.45) is 2.73. The molecular formula is C12H23NO2S. The van der Waals surface area contributed by atoms with E-state index in [1.54, 1.807) is 0 Å². The Morgan fingerprint density at radius 3 is 2.81 bits per heavy atom. The molecule has 94 valence electrons. The maximum absolute atomic E-state index is 11.2. The van der Waals surface area contributed by atoms with Crippen molar-refractivity contribution in [2.75, 3.05) is 25.2 Å². The second-order valence-corrected chi connectivity index (χ2v) is 5.03. The van der Waals surface area contributed by atoms with E-state index in [-0.39, 0.29) is 11.9 Å². The van der Waals surface area contributed by atoms with E-state index in [1.165, 1.54) is 7.11 Å². The highest BCUT2D eigenvalue weighted by Crippen LogP contribution is 2.07. The molecule has 0 aromatic heterocycles. The van der Waals surface area contributed by atoms with Gasteiger partial charge in [-0.15, -0.1) is 6.58 Å². The smallest absolute Gasteiger partial charge is 0.308 e. The van der Waals surface area contributed by atoms with Gasteiger partial charge in [-0.05, 0) is 13.3 Å². The van der Waals surface area contributed by atoms with Crippen LogP contribution in [0.2, 0.25) is 0 Å². The second kappa shape index (κ2) is 9.73. The molecule has 2 atom stereocenters. The van der Waals surface area contributed by atoms with E-state index in [4.69, 9.17) is 0 Å². The Labute approximate surface area is 103 Å². The van der Waals surface area contributed by atoms with Gasteiger partial charge in [-0.1, -0.05) is 13.0 Å². The van der Waals surface area contributed by atoms with Crippen LogP contribution in [-0.2, 0) is 9.53 Å². The number of rotatable bonds is 9. The molecule has 0 spiro atoms. The summed E-state index contributed by atoms with van der Waals surface area (Å²) in [5.74, 6) is 1.90. The van der Waals surface area contributed by atoms with Crippen LogP contribution in [-0.4, -0.2) is 37.2 Å². The van der Waals surface area contributed by atoms with Crippen LogP contribution in [0, 0.1) is 5.92 Å². The number of methoxy groups -OCH3 is 1. The van der Waals surface area contributed by atoms with Gasteiger partial charge in [0.1, 0.15) is 0 Å². The van der Waals surface area contributed by atoms with Gasteiger partial charge in [0.05, 0.1) is 13.0 Å². The highest BCUT2D eigenvalue weighted by molar-refractivity contribution is 7.99. The van der Waals surface area contributed by atoms with E-state index in [0.29, 0.717) is 6.04 Å². The lowest BCUT2D eigenvalue weighted by Gasteiger charge is -2.16. The van der Waals surface area contributed by atoms with Crippen LogP contribution in [0.5, 0.6) is 0 Å². The standard InChI is InChI=1S/C12H23NO2S/c1-5-7-16-8-6-13-11(3)9-10(2)12(14)15-4/h5,10-11,13H,1,6-9H2,2-4H3. The molecule has 0 saturated heterocycles. The molecule has 0 radical (unpaired) electrons. The molecule has 0 rings (SSSR count). The topological polar surface area (TPSA) is 38.3 Å². The lowest BCUT2D eigenvalue weighted by molar-refractivity contribution is -0.145. The van der Waals surface area contributed by atoms with Gasteiger partial charge in [-0.3, -0.25) is 4.79 Å². The largest absolute Gasteiger partial charge is 0.469 e. The average Bonchev–Trinajstić information content (AvgIpc) is 2.27. The van der Waals surface area contributed by atoms with Crippen molar-refractivity contribution in [3.05, 3.63) is 12.7 Å². The maximum Gasteiger partial charge on any atom is 0.308 e. The Hall–Kier alpha value is -0.480. The van der Waals surface area contributed by atoms with Crippen LogP contribution >= 0.6 is 11.8 Å². The number of carbonyl (C=O) groups excluding carboxylic acids is 1. The minimum absolute atomic E-state index is 0.0340. The molecule has 0 aromatic rings. The minimum atomic E-state index is -0.130. The third-order valence-corrected chi connectivity index (χ3v) is 3.25. The van der Waals surface area contributed by atoms with Crippen LogP contribution in [0.4, 0.5) is 0 Å². The van der Waals surface area contributed by atoms with E-state index < -0.39 is 0 Å². The Bertz CT molecular complexity index is 209. The molecule has 0 aliphatic carbocycles. The molecule has 1 N–H and O–H groups in total. The Balaban J connectivity index is 3.53.